The molecule has 7 N–H and O–H groups in total. The lowest BCUT2D eigenvalue weighted by molar-refractivity contribution is -0.147. The minimum absolute atomic E-state index is 0.0364. The monoisotopic (exact) mass is 534 g/mol. The largest absolute Gasteiger partial charge is 0.508 e. The Morgan fingerprint density at radius 1 is 1.05 bits per heavy atom. The highest BCUT2D eigenvalue weighted by Gasteiger charge is 2.60. The van der Waals surface area contributed by atoms with Crippen LogP contribution in [0.1, 0.15) is 34.3 Å². The van der Waals surface area contributed by atoms with Crippen molar-refractivity contribution in [2.45, 2.75) is 24.9 Å². The third-order valence-electron chi connectivity index (χ3n) is 7.96. The van der Waals surface area contributed by atoms with Crippen molar-refractivity contribution >= 4 is 34.9 Å². The van der Waals surface area contributed by atoms with Crippen molar-refractivity contribution in [3.8, 4) is 16.9 Å². The van der Waals surface area contributed by atoms with Gasteiger partial charge in [-0.05, 0) is 48.1 Å². The number of hydrogen-bond acceptors (Lipinski definition) is 9. The summed E-state index contributed by atoms with van der Waals surface area (Å²) >= 11 is 0. The van der Waals surface area contributed by atoms with Crippen LogP contribution in [0.2, 0.25) is 0 Å². The molecule has 1 fully saturated rings. The molecule has 3 unspecified atom stereocenters. The molecule has 0 radical (unpaired) electrons. The van der Waals surface area contributed by atoms with Crippen molar-refractivity contribution in [2.24, 2.45) is 17.6 Å². The number of hydrogen-bond donors (Lipinski definition) is 6. The molecule has 0 aromatic heterocycles. The number of carboxylic acids is 1. The van der Waals surface area contributed by atoms with Crippen LogP contribution in [-0.2, 0) is 20.8 Å². The number of anilines is 1. The van der Waals surface area contributed by atoms with Gasteiger partial charge in [-0.25, -0.2) is 4.79 Å². The molecule has 39 heavy (non-hydrogen) atoms. The molecule has 11 nitrogen and oxygen atoms in total. The van der Waals surface area contributed by atoms with Gasteiger partial charge < -0.3 is 36.2 Å². The number of carbonyl (C=O) groups is 4. The lowest BCUT2D eigenvalue weighted by Gasteiger charge is -2.46. The Kier molecular flexibility index (Phi) is 5.80. The van der Waals surface area contributed by atoms with E-state index in [1.807, 2.05) is 0 Å². The smallest absolute Gasteiger partial charge is 0.335 e. The molecule has 3 aliphatic rings. The Labute approximate surface area is 222 Å². The quantitative estimate of drug-likeness (QED) is 0.315. The van der Waals surface area contributed by atoms with E-state index in [9.17, 15) is 44.7 Å². The third kappa shape index (κ3) is 3.61. The number of Topliss-reactive ketones (excluding diaryl/α,β-unsaturated/α-hetero) is 2. The first-order valence-electron chi connectivity index (χ1n) is 12.2. The Balaban J connectivity index is 1.73. The lowest BCUT2D eigenvalue weighted by atomic mass is 9.59. The van der Waals surface area contributed by atoms with E-state index in [0.29, 0.717) is 16.8 Å². The second-order valence-corrected chi connectivity index (χ2v) is 10.3. The van der Waals surface area contributed by atoms with Gasteiger partial charge in [0.2, 0.25) is 5.78 Å². The minimum atomic E-state index is -2.64. The van der Waals surface area contributed by atoms with Gasteiger partial charge in [-0.3, -0.25) is 14.4 Å². The van der Waals surface area contributed by atoms with Crippen LogP contribution in [0.25, 0.3) is 16.9 Å². The van der Waals surface area contributed by atoms with Gasteiger partial charge in [0.1, 0.15) is 22.8 Å². The fourth-order valence-electron chi connectivity index (χ4n) is 6.08. The Hall–Kier alpha value is -4.64. The van der Waals surface area contributed by atoms with E-state index in [1.54, 1.807) is 25.1 Å². The lowest BCUT2D eigenvalue weighted by Crippen LogP contribution is -2.58. The number of fused-ring (bicyclic) bond motifs is 3. The Morgan fingerprint density at radius 2 is 1.69 bits per heavy atom. The average molecular weight is 535 g/mol. The molecule has 5 rings (SSSR count). The highest BCUT2D eigenvalue weighted by atomic mass is 16.4. The van der Waals surface area contributed by atoms with Crippen molar-refractivity contribution < 1.29 is 44.7 Å². The number of rotatable bonds is 4. The number of amides is 1. The second kappa shape index (κ2) is 8.70. The maximum atomic E-state index is 13.7. The standard InChI is InChI=1S/C28H26N2O9/c1-30(2)17-10-15(11-3-5-12(6-4-11)27(37)38)22(32)20-16(17)8-13-7-14-9-18(31)21(26(29)36)25(35)28(14,39)24(34)19(13)23(20)33/h3-6,10,13-14,32-33,35,39H,7-9H2,1-2H3,(H2,29,36)(H,37,38). The zero-order valence-corrected chi connectivity index (χ0v) is 21.1. The zero-order chi connectivity index (χ0) is 28.5. The molecule has 3 atom stereocenters. The minimum Gasteiger partial charge on any atom is -0.508 e. The predicted molar refractivity (Wildman–Crippen MR) is 138 cm³/mol. The molecule has 0 spiro atoms. The summed E-state index contributed by atoms with van der Waals surface area (Å²) in [7, 11) is 3.53. The maximum absolute atomic E-state index is 13.7. The highest BCUT2D eigenvalue weighted by Crippen LogP contribution is 2.54. The van der Waals surface area contributed by atoms with Crippen LogP contribution in [0.4, 0.5) is 5.69 Å². The summed E-state index contributed by atoms with van der Waals surface area (Å²) in [6, 6.07) is 7.45. The van der Waals surface area contributed by atoms with Crippen LogP contribution < -0.4 is 10.6 Å². The molecule has 1 saturated carbocycles. The number of aliphatic hydroxyl groups is 3. The van der Waals surface area contributed by atoms with E-state index >= 15 is 0 Å². The van der Waals surface area contributed by atoms with Crippen molar-refractivity contribution in [3.63, 3.8) is 0 Å². The first kappa shape index (κ1) is 26.0. The number of primary amides is 1. The van der Waals surface area contributed by atoms with Gasteiger partial charge in [-0.15, -0.1) is 0 Å². The van der Waals surface area contributed by atoms with Gasteiger partial charge in [0.05, 0.1) is 11.1 Å². The van der Waals surface area contributed by atoms with E-state index < -0.39 is 58.0 Å². The first-order chi connectivity index (χ1) is 18.3. The normalized spacial score (nSPS) is 24.2. The number of aromatic carboxylic acids is 1. The molecule has 0 aliphatic heterocycles. The first-order valence-corrected chi connectivity index (χ1v) is 12.2. The predicted octanol–water partition coefficient (Wildman–Crippen LogP) is 1.86. The van der Waals surface area contributed by atoms with E-state index in [0.717, 1.165) is 0 Å². The number of phenols is 1. The fraction of sp³-hybridized carbons (Fsp3) is 0.286. The summed E-state index contributed by atoms with van der Waals surface area (Å²) in [5.41, 5.74) is 3.39. The second-order valence-electron chi connectivity index (χ2n) is 10.3. The number of ketones is 2. The Morgan fingerprint density at radius 3 is 2.26 bits per heavy atom. The fourth-order valence-corrected chi connectivity index (χ4v) is 6.08. The summed E-state index contributed by atoms with van der Waals surface area (Å²) in [5, 5.41) is 54.1. The third-order valence-corrected chi connectivity index (χ3v) is 7.96. The maximum Gasteiger partial charge on any atom is 0.335 e. The highest BCUT2D eigenvalue weighted by molar-refractivity contribution is 6.22. The van der Waals surface area contributed by atoms with Crippen LogP contribution in [0.5, 0.6) is 5.75 Å². The topological polar surface area (TPSA) is 199 Å². The molecule has 0 saturated heterocycles. The number of aliphatic hydroxyl groups excluding tert-OH is 2. The summed E-state index contributed by atoms with van der Waals surface area (Å²) in [5.74, 6) is -8.02. The summed E-state index contributed by atoms with van der Waals surface area (Å²) in [4.78, 5) is 51.1. The summed E-state index contributed by atoms with van der Waals surface area (Å²) in [6.45, 7) is 0. The average Bonchev–Trinajstić information content (AvgIpc) is 2.86. The molecule has 2 aromatic rings. The van der Waals surface area contributed by atoms with Crippen LogP contribution in [0.15, 0.2) is 47.2 Å². The van der Waals surface area contributed by atoms with Crippen LogP contribution in [0.3, 0.4) is 0 Å². The summed E-state index contributed by atoms with van der Waals surface area (Å²) < 4.78 is 0. The Bertz CT molecular complexity index is 1550. The van der Waals surface area contributed by atoms with E-state index in [4.69, 9.17) is 5.73 Å². The van der Waals surface area contributed by atoms with Gasteiger partial charge in [-0.1, -0.05) is 12.1 Å². The molecule has 0 heterocycles. The van der Waals surface area contributed by atoms with E-state index in [2.05, 4.69) is 0 Å². The molecular formula is C28H26N2O9. The van der Waals surface area contributed by atoms with Crippen LogP contribution >= 0.6 is 0 Å². The van der Waals surface area contributed by atoms with Gasteiger partial charge in [0.25, 0.3) is 5.91 Å². The van der Waals surface area contributed by atoms with Crippen molar-refractivity contribution in [1.29, 1.82) is 0 Å². The van der Waals surface area contributed by atoms with Crippen molar-refractivity contribution in [3.05, 3.63) is 63.9 Å². The SMILES string of the molecule is CN(C)c1cc(-c2ccc(C(=O)O)cc2)c(O)c2c1CC1CC3CC(=O)C(C(N)=O)=C(O)C3(O)C(=O)C1=C2O. The van der Waals surface area contributed by atoms with E-state index in [1.165, 1.54) is 24.3 Å². The number of nitrogens with zero attached hydrogens (tertiary/aromatic N) is 1. The number of phenolic OH excluding ortho intramolecular Hbond substituents is 1. The van der Waals surface area contributed by atoms with Crippen LogP contribution in [0, 0.1) is 11.8 Å². The van der Waals surface area contributed by atoms with E-state index in [-0.39, 0.29) is 47.3 Å². The zero-order valence-electron chi connectivity index (χ0n) is 21.1. The van der Waals surface area contributed by atoms with Crippen molar-refractivity contribution in [1.82, 2.24) is 0 Å². The number of carbonyl (C=O) groups excluding carboxylic acids is 3. The number of aromatic hydroxyl groups is 1. The number of nitrogens with two attached hydrogens (primary N) is 1. The molecule has 3 aliphatic carbocycles. The van der Waals surface area contributed by atoms with Gasteiger partial charge in [-0.2, -0.15) is 0 Å². The van der Waals surface area contributed by atoms with Gasteiger partial charge in [0.15, 0.2) is 11.4 Å². The molecule has 2 aromatic carbocycles. The molecule has 1 amide bonds. The molecule has 202 valence electrons. The van der Waals surface area contributed by atoms with Gasteiger partial charge in [0, 0.05) is 43.3 Å². The molecule has 0 bridgehead atoms. The number of benzene rings is 2. The molecular weight excluding hydrogens is 508 g/mol. The number of carboxylic acid groups (broad SMARTS) is 1. The molecule has 11 heteroatoms. The summed E-state index contributed by atoms with van der Waals surface area (Å²) in [6.07, 6.45) is -0.179. The van der Waals surface area contributed by atoms with Crippen molar-refractivity contribution in [2.75, 3.05) is 19.0 Å². The van der Waals surface area contributed by atoms with Gasteiger partial charge >= 0.3 is 5.97 Å². The van der Waals surface area contributed by atoms with Crippen LogP contribution in [-0.4, -0.2) is 68.7 Å².